The first-order valence-electron chi connectivity index (χ1n) is 6.46. The number of H-pyrrole nitrogens is 1. The lowest BCUT2D eigenvalue weighted by Gasteiger charge is -2.28. The summed E-state index contributed by atoms with van der Waals surface area (Å²) < 4.78 is 0. The Hall–Kier alpha value is -1.39. The first-order chi connectivity index (χ1) is 8.29. The third-order valence-electron chi connectivity index (χ3n) is 3.53. The summed E-state index contributed by atoms with van der Waals surface area (Å²) in [6.45, 7) is 2.23. The van der Waals surface area contributed by atoms with E-state index in [1.807, 2.05) is 0 Å². The van der Waals surface area contributed by atoms with Crippen LogP contribution >= 0.6 is 0 Å². The van der Waals surface area contributed by atoms with Crippen molar-refractivity contribution in [2.45, 2.75) is 51.5 Å². The molecule has 1 saturated carbocycles. The zero-order valence-electron chi connectivity index (χ0n) is 10.3. The van der Waals surface area contributed by atoms with Crippen LogP contribution in [0.25, 0.3) is 0 Å². The molecule has 1 fully saturated rings. The van der Waals surface area contributed by atoms with Gasteiger partial charge in [0.15, 0.2) is 5.69 Å². The summed E-state index contributed by atoms with van der Waals surface area (Å²) >= 11 is 0. The first kappa shape index (κ1) is 12.1. The quantitative estimate of drug-likeness (QED) is 0.838. The van der Waals surface area contributed by atoms with Crippen molar-refractivity contribution in [1.29, 1.82) is 0 Å². The summed E-state index contributed by atoms with van der Waals surface area (Å²) in [4.78, 5) is 11.7. The molecular weight excluding hydrogens is 216 g/mol. The van der Waals surface area contributed by atoms with Crippen molar-refractivity contribution >= 4 is 5.91 Å². The number of hydrogen-bond donors (Lipinski definition) is 2. The average Bonchev–Trinajstić information content (AvgIpc) is 2.86. The number of amides is 1. The lowest BCUT2D eigenvalue weighted by molar-refractivity contribution is 0.0916. The summed E-state index contributed by atoms with van der Waals surface area (Å²) in [5.74, 6) is 0.748. The van der Waals surface area contributed by atoms with Crippen molar-refractivity contribution in [2.24, 2.45) is 5.92 Å². The Morgan fingerprint density at radius 2 is 2.24 bits per heavy atom. The highest BCUT2D eigenvalue weighted by molar-refractivity contribution is 5.91. The molecule has 5 nitrogen and oxygen atoms in total. The highest BCUT2D eigenvalue weighted by Gasteiger charge is 2.22. The number of carbonyl (C=O) groups excluding carboxylic acids is 1. The van der Waals surface area contributed by atoms with Crippen LogP contribution in [-0.4, -0.2) is 27.4 Å². The van der Waals surface area contributed by atoms with E-state index < -0.39 is 0 Å². The molecule has 0 atom stereocenters. The van der Waals surface area contributed by atoms with Gasteiger partial charge in [0.2, 0.25) is 0 Å². The number of aromatic nitrogens is 3. The molecule has 0 radical (unpaired) electrons. The van der Waals surface area contributed by atoms with Gasteiger partial charge in [-0.3, -0.25) is 4.79 Å². The van der Waals surface area contributed by atoms with Gasteiger partial charge in [-0.2, -0.15) is 15.4 Å². The van der Waals surface area contributed by atoms with Crippen LogP contribution in [0.2, 0.25) is 0 Å². The van der Waals surface area contributed by atoms with E-state index in [4.69, 9.17) is 0 Å². The normalized spacial score (nSPS) is 24.5. The molecule has 1 aromatic rings. The second kappa shape index (κ2) is 5.80. The molecule has 0 saturated heterocycles. The molecule has 1 aromatic heterocycles. The lowest BCUT2D eigenvalue weighted by Crippen LogP contribution is -2.37. The van der Waals surface area contributed by atoms with Crippen molar-refractivity contribution in [2.75, 3.05) is 0 Å². The maximum absolute atomic E-state index is 11.7. The number of aromatic amines is 1. The molecule has 1 amide bonds. The monoisotopic (exact) mass is 236 g/mol. The van der Waals surface area contributed by atoms with E-state index >= 15 is 0 Å². The number of nitrogens with one attached hydrogen (secondary N) is 2. The standard InChI is InChI=1S/C12H20N4O/c1-2-3-9-4-6-10(7-5-9)14-12(17)11-8-13-16-15-11/h8-10H,2-7H2,1H3,(H,14,17)(H,13,15,16). The van der Waals surface area contributed by atoms with Gasteiger partial charge < -0.3 is 5.32 Å². The molecule has 0 aromatic carbocycles. The van der Waals surface area contributed by atoms with Gasteiger partial charge >= 0.3 is 0 Å². The highest BCUT2D eigenvalue weighted by atomic mass is 16.2. The minimum Gasteiger partial charge on any atom is -0.348 e. The lowest BCUT2D eigenvalue weighted by atomic mass is 9.83. The third-order valence-corrected chi connectivity index (χ3v) is 3.53. The maximum atomic E-state index is 11.7. The Morgan fingerprint density at radius 1 is 1.47 bits per heavy atom. The summed E-state index contributed by atoms with van der Waals surface area (Å²) in [6, 6.07) is 0.312. The molecule has 0 unspecified atom stereocenters. The van der Waals surface area contributed by atoms with Gasteiger partial charge in [0.25, 0.3) is 5.91 Å². The van der Waals surface area contributed by atoms with E-state index in [0.29, 0.717) is 11.7 Å². The topological polar surface area (TPSA) is 70.7 Å². The van der Waals surface area contributed by atoms with Crippen LogP contribution < -0.4 is 5.32 Å². The Kier molecular flexibility index (Phi) is 4.12. The van der Waals surface area contributed by atoms with E-state index in [9.17, 15) is 4.79 Å². The van der Waals surface area contributed by atoms with Crippen LogP contribution in [-0.2, 0) is 0 Å². The third kappa shape index (κ3) is 3.28. The minimum absolute atomic E-state index is 0.113. The van der Waals surface area contributed by atoms with E-state index in [1.54, 1.807) is 0 Å². The predicted molar refractivity (Wildman–Crippen MR) is 64.5 cm³/mol. The zero-order valence-corrected chi connectivity index (χ0v) is 10.3. The van der Waals surface area contributed by atoms with Crippen LogP contribution in [0.1, 0.15) is 55.9 Å². The minimum atomic E-state index is -0.113. The molecule has 0 aliphatic heterocycles. The molecule has 0 spiro atoms. The molecule has 94 valence electrons. The van der Waals surface area contributed by atoms with Gasteiger partial charge in [-0.15, -0.1) is 0 Å². The fraction of sp³-hybridized carbons (Fsp3) is 0.750. The van der Waals surface area contributed by atoms with Crippen molar-refractivity contribution in [3.05, 3.63) is 11.9 Å². The Bertz CT molecular complexity index is 341. The van der Waals surface area contributed by atoms with Crippen LogP contribution in [0.5, 0.6) is 0 Å². The summed E-state index contributed by atoms with van der Waals surface area (Å²) in [5.41, 5.74) is 0.376. The molecular formula is C12H20N4O. The zero-order chi connectivity index (χ0) is 12.1. The number of hydrogen-bond acceptors (Lipinski definition) is 3. The summed E-state index contributed by atoms with van der Waals surface area (Å²) in [6.07, 6.45) is 8.69. The van der Waals surface area contributed by atoms with Gasteiger partial charge in [0.1, 0.15) is 0 Å². The maximum Gasteiger partial charge on any atom is 0.273 e. The van der Waals surface area contributed by atoms with Crippen LogP contribution in [0.4, 0.5) is 0 Å². The molecule has 17 heavy (non-hydrogen) atoms. The van der Waals surface area contributed by atoms with Crippen molar-refractivity contribution in [3.63, 3.8) is 0 Å². The second-order valence-corrected chi connectivity index (χ2v) is 4.84. The van der Waals surface area contributed by atoms with E-state index in [2.05, 4.69) is 27.7 Å². The molecule has 1 aliphatic carbocycles. The summed E-state index contributed by atoms with van der Waals surface area (Å²) in [5, 5.41) is 12.9. The summed E-state index contributed by atoms with van der Waals surface area (Å²) in [7, 11) is 0. The van der Waals surface area contributed by atoms with Gasteiger partial charge in [0, 0.05) is 6.04 Å². The van der Waals surface area contributed by atoms with Crippen LogP contribution in [0.15, 0.2) is 6.20 Å². The van der Waals surface area contributed by atoms with E-state index in [0.717, 1.165) is 18.8 Å². The SMILES string of the molecule is CCCC1CCC(NC(=O)c2cn[nH]n2)CC1. The van der Waals surface area contributed by atoms with Crippen LogP contribution in [0.3, 0.4) is 0 Å². The molecule has 0 bridgehead atoms. The first-order valence-corrected chi connectivity index (χ1v) is 6.46. The largest absolute Gasteiger partial charge is 0.348 e. The van der Waals surface area contributed by atoms with Crippen molar-refractivity contribution in [3.8, 4) is 0 Å². The van der Waals surface area contributed by atoms with E-state index in [-0.39, 0.29) is 5.91 Å². The molecule has 2 rings (SSSR count). The molecule has 1 aliphatic rings. The van der Waals surface area contributed by atoms with Crippen molar-refractivity contribution in [1.82, 2.24) is 20.7 Å². The molecule has 1 heterocycles. The Labute approximate surface area is 101 Å². The van der Waals surface area contributed by atoms with Gasteiger partial charge in [-0.05, 0) is 31.6 Å². The number of rotatable bonds is 4. The fourth-order valence-electron chi connectivity index (χ4n) is 2.57. The number of carbonyl (C=O) groups is 1. The van der Waals surface area contributed by atoms with Gasteiger partial charge in [-0.25, -0.2) is 0 Å². The van der Waals surface area contributed by atoms with Crippen molar-refractivity contribution < 1.29 is 4.79 Å². The molecule has 5 heteroatoms. The predicted octanol–water partition coefficient (Wildman–Crippen LogP) is 1.89. The smallest absolute Gasteiger partial charge is 0.273 e. The fourth-order valence-corrected chi connectivity index (χ4v) is 2.57. The Balaban J connectivity index is 1.76. The highest BCUT2D eigenvalue weighted by Crippen LogP contribution is 2.27. The van der Waals surface area contributed by atoms with Gasteiger partial charge in [0.05, 0.1) is 6.20 Å². The second-order valence-electron chi connectivity index (χ2n) is 4.84. The van der Waals surface area contributed by atoms with Gasteiger partial charge in [-0.1, -0.05) is 19.8 Å². The number of nitrogens with zero attached hydrogens (tertiary/aromatic N) is 2. The van der Waals surface area contributed by atoms with E-state index in [1.165, 1.54) is 31.9 Å². The van der Waals surface area contributed by atoms with Crippen LogP contribution in [0, 0.1) is 5.92 Å². The average molecular weight is 236 g/mol. The Morgan fingerprint density at radius 3 is 2.82 bits per heavy atom. The molecule has 2 N–H and O–H groups in total.